The number of aryl methyl sites for hydroxylation is 1. The monoisotopic (exact) mass is 496 g/mol. The number of carbonyl (C=O) groups excluding carboxylic acids is 2. The topological polar surface area (TPSA) is 86.2 Å². The van der Waals surface area contributed by atoms with Crippen LogP contribution in [-0.4, -0.2) is 31.8 Å². The summed E-state index contributed by atoms with van der Waals surface area (Å²) in [6, 6.07) is 19.2. The summed E-state index contributed by atoms with van der Waals surface area (Å²) in [5.41, 5.74) is 4.50. The van der Waals surface area contributed by atoms with E-state index >= 15 is 0 Å². The molecular formula is C24H21BrN2O5. The van der Waals surface area contributed by atoms with Gasteiger partial charge < -0.3 is 14.2 Å². The van der Waals surface area contributed by atoms with Crippen LogP contribution in [0.5, 0.6) is 17.2 Å². The first-order chi connectivity index (χ1) is 15.4. The van der Waals surface area contributed by atoms with Crippen molar-refractivity contribution < 1.29 is 23.8 Å². The lowest BCUT2D eigenvalue weighted by Crippen LogP contribution is -2.24. The van der Waals surface area contributed by atoms with E-state index in [-0.39, 0.29) is 12.4 Å². The fourth-order valence-corrected chi connectivity index (χ4v) is 2.92. The summed E-state index contributed by atoms with van der Waals surface area (Å²) in [5.74, 6) is 0.344. The quantitative estimate of drug-likeness (QED) is 0.214. The van der Waals surface area contributed by atoms with Gasteiger partial charge in [-0.3, -0.25) is 4.79 Å². The first kappa shape index (κ1) is 23.0. The van der Waals surface area contributed by atoms with Gasteiger partial charge in [0.05, 0.1) is 18.9 Å². The second kappa shape index (κ2) is 11.1. The Kier molecular flexibility index (Phi) is 7.99. The molecule has 1 N–H and O–H groups in total. The molecular weight excluding hydrogens is 476 g/mol. The number of nitrogens with one attached hydrogen (secondary N) is 1. The summed E-state index contributed by atoms with van der Waals surface area (Å²) in [6.07, 6.45) is 1.45. The number of esters is 1. The van der Waals surface area contributed by atoms with E-state index < -0.39 is 11.9 Å². The molecule has 0 saturated carbocycles. The average molecular weight is 497 g/mol. The number of halogens is 1. The van der Waals surface area contributed by atoms with Crippen LogP contribution < -0.4 is 19.6 Å². The van der Waals surface area contributed by atoms with E-state index in [1.165, 1.54) is 13.3 Å². The van der Waals surface area contributed by atoms with Gasteiger partial charge in [-0.2, -0.15) is 5.10 Å². The zero-order chi connectivity index (χ0) is 22.9. The van der Waals surface area contributed by atoms with Crippen LogP contribution >= 0.6 is 15.9 Å². The first-order valence-electron chi connectivity index (χ1n) is 9.62. The van der Waals surface area contributed by atoms with E-state index in [0.717, 1.165) is 10.0 Å². The molecule has 0 fully saturated rings. The highest BCUT2D eigenvalue weighted by atomic mass is 79.9. The van der Waals surface area contributed by atoms with Crippen molar-refractivity contribution in [3.8, 4) is 17.2 Å². The Balaban J connectivity index is 1.56. The molecule has 1 amide bonds. The molecule has 32 heavy (non-hydrogen) atoms. The molecule has 164 valence electrons. The second-order valence-electron chi connectivity index (χ2n) is 6.71. The predicted octanol–water partition coefficient (Wildman–Crippen LogP) is 4.51. The van der Waals surface area contributed by atoms with Crippen LogP contribution in [0.1, 0.15) is 21.5 Å². The minimum Gasteiger partial charge on any atom is -0.493 e. The van der Waals surface area contributed by atoms with E-state index in [4.69, 9.17) is 14.2 Å². The normalized spacial score (nSPS) is 10.6. The van der Waals surface area contributed by atoms with Crippen molar-refractivity contribution in [1.29, 1.82) is 0 Å². The van der Waals surface area contributed by atoms with Crippen molar-refractivity contribution >= 4 is 34.0 Å². The smallest absolute Gasteiger partial charge is 0.343 e. The molecule has 0 unspecified atom stereocenters. The molecule has 0 saturated heterocycles. The average Bonchev–Trinajstić information content (AvgIpc) is 2.79. The van der Waals surface area contributed by atoms with Gasteiger partial charge in [0.25, 0.3) is 5.91 Å². The minimum absolute atomic E-state index is 0.158. The molecule has 0 aliphatic heterocycles. The number of carbonyl (C=O) groups is 2. The molecule has 0 aromatic heterocycles. The third-order valence-corrected chi connectivity index (χ3v) is 4.76. The van der Waals surface area contributed by atoms with E-state index in [1.54, 1.807) is 48.5 Å². The van der Waals surface area contributed by atoms with Crippen LogP contribution in [0.2, 0.25) is 0 Å². The Hall–Kier alpha value is -3.65. The molecule has 0 spiro atoms. The summed E-state index contributed by atoms with van der Waals surface area (Å²) in [5, 5.41) is 3.92. The maximum atomic E-state index is 12.3. The summed E-state index contributed by atoms with van der Waals surface area (Å²) >= 11 is 3.33. The number of benzene rings is 3. The van der Waals surface area contributed by atoms with Gasteiger partial charge in [0.2, 0.25) is 0 Å². The van der Waals surface area contributed by atoms with E-state index in [2.05, 4.69) is 26.5 Å². The summed E-state index contributed by atoms with van der Waals surface area (Å²) in [6.45, 7) is 1.79. The van der Waals surface area contributed by atoms with E-state index in [1.807, 2.05) is 25.1 Å². The Morgan fingerprint density at radius 1 is 1.03 bits per heavy atom. The third-order valence-electron chi connectivity index (χ3n) is 4.23. The van der Waals surface area contributed by atoms with Gasteiger partial charge in [0.1, 0.15) is 5.75 Å². The largest absolute Gasteiger partial charge is 0.493 e. The van der Waals surface area contributed by atoms with Gasteiger partial charge in [0.15, 0.2) is 18.1 Å². The first-order valence-corrected chi connectivity index (χ1v) is 10.4. The van der Waals surface area contributed by atoms with Gasteiger partial charge in [0, 0.05) is 4.47 Å². The Morgan fingerprint density at radius 3 is 2.53 bits per heavy atom. The number of amides is 1. The second-order valence-corrected chi connectivity index (χ2v) is 7.62. The summed E-state index contributed by atoms with van der Waals surface area (Å²) in [7, 11) is 1.47. The van der Waals surface area contributed by atoms with Gasteiger partial charge in [-0.25, -0.2) is 10.2 Å². The van der Waals surface area contributed by atoms with Crippen molar-refractivity contribution in [2.75, 3.05) is 13.7 Å². The number of hydrazone groups is 1. The molecule has 7 nitrogen and oxygen atoms in total. The molecule has 0 aliphatic carbocycles. The molecule has 0 bridgehead atoms. The fraction of sp³-hybridized carbons (Fsp3) is 0.125. The highest BCUT2D eigenvalue weighted by molar-refractivity contribution is 9.10. The minimum atomic E-state index is -0.502. The highest BCUT2D eigenvalue weighted by Gasteiger charge is 2.13. The molecule has 8 heteroatoms. The molecule has 0 atom stereocenters. The highest BCUT2D eigenvalue weighted by Crippen LogP contribution is 2.28. The van der Waals surface area contributed by atoms with Crippen molar-refractivity contribution in [2.45, 2.75) is 6.92 Å². The number of ether oxygens (including phenoxy) is 3. The van der Waals surface area contributed by atoms with Crippen LogP contribution in [0, 0.1) is 6.92 Å². The van der Waals surface area contributed by atoms with Crippen molar-refractivity contribution in [3.05, 3.63) is 87.9 Å². The maximum absolute atomic E-state index is 12.3. The number of rotatable bonds is 8. The Morgan fingerprint density at radius 2 is 1.81 bits per heavy atom. The number of nitrogens with zero attached hydrogens (tertiary/aromatic N) is 1. The van der Waals surface area contributed by atoms with E-state index in [9.17, 15) is 9.59 Å². The van der Waals surface area contributed by atoms with Crippen molar-refractivity contribution in [3.63, 3.8) is 0 Å². The van der Waals surface area contributed by atoms with Gasteiger partial charge in [-0.05, 0) is 72.6 Å². The number of methoxy groups -OCH3 is 1. The number of hydrogen-bond acceptors (Lipinski definition) is 6. The fourth-order valence-electron chi connectivity index (χ4n) is 2.66. The summed E-state index contributed by atoms with van der Waals surface area (Å²) < 4.78 is 17.0. The Bertz CT molecular complexity index is 1130. The lowest BCUT2D eigenvalue weighted by Gasteiger charge is -2.10. The molecule has 3 rings (SSSR count). The third kappa shape index (κ3) is 6.68. The zero-order valence-electron chi connectivity index (χ0n) is 17.5. The standard InChI is InChI=1S/C24H21BrN2O5/c1-16-4-3-5-20(12-16)31-15-23(28)27-26-14-17-6-11-21(22(13-17)30-2)32-24(29)18-7-9-19(25)10-8-18/h3-14H,15H2,1-2H3,(H,27,28)/b26-14+. The van der Waals surface area contributed by atoms with Gasteiger partial charge in [-0.15, -0.1) is 0 Å². The van der Waals surface area contributed by atoms with Gasteiger partial charge in [-0.1, -0.05) is 28.1 Å². The molecule has 0 aliphatic rings. The van der Waals surface area contributed by atoms with E-state index in [0.29, 0.717) is 22.6 Å². The molecule has 3 aromatic carbocycles. The number of hydrogen-bond donors (Lipinski definition) is 1. The van der Waals surface area contributed by atoms with Crippen LogP contribution in [0.4, 0.5) is 0 Å². The molecule has 0 heterocycles. The lowest BCUT2D eigenvalue weighted by molar-refractivity contribution is -0.123. The molecule has 3 aromatic rings. The summed E-state index contributed by atoms with van der Waals surface area (Å²) in [4.78, 5) is 24.2. The zero-order valence-corrected chi connectivity index (χ0v) is 19.1. The van der Waals surface area contributed by atoms with Gasteiger partial charge >= 0.3 is 5.97 Å². The van der Waals surface area contributed by atoms with Crippen molar-refractivity contribution in [1.82, 2.24) is 5.43 Å². The lowest BCUT2D eigenvalue weighted by atomic mass is 10.2. The van der Waals surface area contributed by atoms with Crippen LogP contribution in [-0.2, 0) is 4.79 Å². The predicted molar refractivity (Wildman–Crippen MR) is 125 cm³/mol. The van der Waals surface area contributed by atoms with Crippen LogP contribution in [0.3, 0.4) is 0 Å². The molecule has 0 radical (unpaired) electrons. The SMILES string of the molecule is COc1cc(/C=N/NC(=O)COc2cccc(C)c2)ccc1OC(=O)c1ccc(Br)cc1. The maximum Gasteiger partial charge on any atom is 0.343 e. The van der Waals surface area contributed by atoms with Crippen molar-refractivity contribution in [2.24, 2.45) is 5.10 Å². The Labute approximate surface area is 194 Å². The van der Waals surface area contributed by atoms with Crippen LogP contribution in [0.25, 0.3) is 0 Å². The van der Waals surface area contributed by atoms with Crippen LogP contribution in [0.15, 0.2) is 76.3 Å².